The molecule has 0 atom stereocenters. The molecule has 2 N–H and O–H groups in total. The largest absolute Gasteiger partial charge is 0.573 e. The summed E-state index contributed by atoms with van der Waals surface area (Å²) in [5, 5.41) is 18.0. The van der Waals surface area contributed by atoms with Crippen LogP contribution in [0.25, 0.3) is 0 Å². The van der Waals surface area contributed by atoms with Gasteiger partial charge in [0.25, 0.3) is 0 Å². The summed E-state index contributed by atoms with van der Waals surface area (Å²) in [6.07, 6.45) is -4.15. The number of ether oxygens (including phenoxy) is 1. The van der Waals surface area contributed by atoms with Crippen molar-refractivity contribution in [2.24, 2.45) is 10.3 Å². The van der Waals surface area contributed by atoms with Gasteiger partial charge in [-0.3, -0.25) is 0 Å². The van der Waals surface area contributed by atoms with Crippen LogP contribution < -0.4 is 10.2 Å². The third-order valence-electron chi connectivity index (χ3n) is 2.37. The summed E-state index contributed by atoms with van der Waals surface area (Å²) in [7, 11) is 1.67. The summed E-state index contributed by atoms with van der Waals surface area (Å²) in [5.74, 6) is -0.275. The topological polar surface area (TPSA) is 69.5 Å². The second-order valence-electron chi connectivity index (χ2n) is 4.00. The third kappa shape index (κ3) is 7.47. The van der Waals surface area contributed by atoms with Crippen molar-refractivity contribution in [2.45, 2.75) is 19.3 Å². The van der Waals surface area contributed by atoms with Gasteiger partial charge in [0.05, 0.1) is 13.1 Å². The van der Waals surface area contributed by atoms with Crippen molar-refractivity contribution in [3.63, 3.8) is 0 Å². The zero-order valence-electron chi connectivity index (χ0n) is 11.5. The Bertz CT molecular complexity index is 437. The molecular formula is C12H17F3N4O2. The van der Waals surface area contributed by atoms with Crippen LogP contribution in [0.15, 0.2) is 34.6 Å². The molecule has 0 unspecified atom stereocenters. The van der Waals surface area contributed by atoms with Crippen molar-refractivity contribution in [1.82, 2.24) is 10.5 Å². The first-order valence-corrected chi connectivity index (χ1v) is 6.22. The molecule has 0 spiro atoms. The van der Waals surface area contributed by atoms with E-state index < -0.39 is 6.36 Å². The van der Waals surface area contributed by atoms with E-state index >= 15 is 0 Å². The first-order valence-electron chi connectivity index (χ1n) is 6.22. The van der Waals surface area contributed by atoms with Crippen LogP contribution in [0.1, 0.15) is 12.0 Å². The molecule has 0 saturated carbocycles. The van der Waals surface area contributed by atoms with Gasteiger partial charge in [-0.15, -0.1) is 13.2 Å². The molecule has 6 nitrogen and oxygen atoms in total. The van der Waals surface area contributed by atoms with Crippen LogP contribution in [-0.2, 0) is 6.54 Å². The Balaban J connectivity index is 2.48. The molecule has 1 aromatic rings. The van der Waals surface area contributed by atoms with E-state index in [2.05, 4.69) is 20.5 Å². The monoisotopic (exact) mass is 306 g/mol. The summed E-state index contributed by atoms with van der Waals surface area (Å²) in [4.78, 5) is 0. The number of halogens is 3. The van der Waals surface area contributed by atoms with Crippen LogP contribution in [0.5, 0.6) is 5.75 Å². The third-order valence-corrected chi connectivity index (χ3v) is 2.37. The molecule has 9 heteroatoms. The van der Waals surface area contributed by atoms with Gasteiger partial charge in [-0.25, -0.2) is 10.5 Å². The summed E-state index contributed by atoms with van der Waals surface area (Å²) < 4.78 is 39.7. The van der Waals surface area contributed by atoms with E-state index in [4.69, 9.17) is 5.11 Å². The smallest absolute Gasteiger partial charge is 0.406 e. The van der Waals surface area contributed by atoms with Crippen LogP contribution in [0.2, 0.25) is 0 Å². The number of nitrogens with one attached hydrogen (secondary N) is 1. The van der Waals surface area contributed by atoms with Crippen LogP contribution in [0, 0.1) is 0 Å². The van der Waals surface area contributed by atoms with Gasteiger partial charge in [0.2, 0.25) is 0 Å². The molecule has 118 valence electrons. The van der Waals surface area contributed by atoms with Crippen molar-refractivity contribution >= 4 is 0 Å². The highest BCUT2D eigenvalue weighted by Gasteiger charge is 2.30. The normalized spacial score (nSPS) is 11.9. The van der Waals surface area contributed by atoms with Gasteiger partial charge >= 0.3 is 6.36 Å². The summed E-state index contributed by atoms with van der Waals surface area (Å²) in [6.45, 7) is 0.771. The number of benzene rings is 1. The van der Waals surface area contributed by atoms with Crippen LogP contribution in [0.3, 0.4) is 0 Å². The van der Waals surface area contributed by atoms with E-state index in [0.29, 0.717) is 18.5 Å². The minimum atomic E-state index is -4.69. The molecule has 0 aliphatic rings. The van der Waals surface area contributed by atoms with Crippen LogP contribution in [-0.4, -0.2) is 36.8 Å². The maximum absolute atomic E-state index is 12.0. The Morgan fingerprint density at radius 2 is 1.95 bits per heavy atom. The van der Waals surface area contributed by atoms with Crippen LogP contribution >= 0.6 is 0 Å². The van der Waals surface area contributed by atoms with Crippen LogP contribution in [0.4, 0.5) is 13.2 Å². The molecule has 1 rings (SSSR count). The maximum atomic E-state index is 12.0. The van der Waals surface area contributed by atoms with E-state index in [1.807, 2.05) is 0 Å². The van der Waals surface area contributed by atoms with Crippen molar-refractivity contribution in [1.29, 1.82) is 0 Å². The quantitative estimate of drug-likeness (QED) is 0.571. The number of alkyl halides is 3. The Kier molecular flexibility index (Phi) is 6.89. The zero-order valence-corrected chi connectivity index (χ0v) is 11.5. The number of hydrogen-bond donors (Lipinski definition) is 2. The SMILES string of the molecule is CNN(CCCO)N=NCc1ccc(OC(F)(F)F)cc1. The second-order valence-corrected chi connectivity index (χ2v) is 4.00. The van der Waals surface area contributed by atoms with Gasteiger partial charge in [0.15, 0.2) is 0 Å². The summed E-state index contributed by atoms with van der Waals surface area (Å²) >= 11 is 0. The fraction of sp³-hybridized carbons (Fsp3) is 0.500. The predicted molar refractivity (Wildman–Crippen MR) is 69.2 cm³/mol. The first kappa shape index (κ1) is 17.2. The molecule has 0 aromatic heterocycles. The van der Waals surface area contributed by atoms with Gasteiger partial charge in [-0.2, -0.15) is 5.11 Å². The number of hydrogen-bond acceptors (Lipinski definition) is 5. The van der Waals surface area contributed by atoms with Gasteiger partial charge in [0, 0.05) is 13.7 Å². The first-order chi connectivity index (χ1) is 9.94. The average molecular weight is 306 g/mol. The number of hydrazine groups is 1. The van der Waals surface area contributed by atoms with E-state index in [1.165, 1.54) is 29.4 Å². The molecule has 0 fully saturated rings. The fourth-order valence-corrected chi connectivity index (χ4v) is 1.41. The minimum Gasteiger partial charge on any atom is -0.406 e. The molecule has 0 aliphatic carbocycles. The Morgan fingerprint density at radius 1 is 1.29 bits per heavy atom. The molecule has 0 radical (unpaired) electrons. The number of aliphatic hydroxyl groups excluding tert-OH is 1. The molecule has 1 aromatic carbocycles. The van der Waals surface area contributed by atoms with E-state index in [0.717, 1.165) is 0 Å². The van der Waals surface area contributed by atoms with Gasteiger partial charge in [-0.1, -0.05) is 17.4 Å². The fourth-order valence-electron chi connectivity index (χ4n) is 1.41. The van der Waals surface area contributed by atoms with E-state index in [1.54, 1.807) is 7.05 Å². The predicted octanol–water partition coefficient (Wildman–Crippen LogP) is 2.27. The molecule has 0 amide bonds. The van der Waals surface area contributed by atoms with E-state index in [-0.39, 0.29) is 18.9 Å². The molecular weight excluding hydrogens is 289 g/mol. The Morgan fingerprint density at radius 3 is 2.48 bits per heavy atom. The Labute approximate surface area is 120 Å². The standard InChI is InChI=1S/C12H17F3N4O2/c1-16-19(7-2-8-20)18-17-9-10-3-5-11(6-4-10)21-12(13,14)15/h3-6,16,20H,2,7-9H2,1H3. The maximum Gasteiger partial charge on any atom is 0.573 e. The summed E-state index contributed by atoms with van der Waals surface area (Å²) in [5.41, 5.74) is 3.48. The lowest BCUT2D eigenvalue weighted by Gasteiger charge is -2.14. The number of rotatable bonds is 8. The summed E-state index contributed by atoms with van der Waals surface area (Å²) in [6, 6.07) is 5.41. The molecule has 0 bridgehead atoms. The molecule has 0 heterocycles. The number of aliphatic hydroxyl groups is 1. The van der Waals surface area contributed by atoms with Crippen molar-refractivity contribution < 1.29 is 23.0 Å². The van der Waals surface area contributed by atoms with E-state index in [9.17, 15) is 13.2 Å². The van der Waals surface area contributed by atoms with Crippen molar-refractivity contribution in [3.05, 3.63) is 29.8 Å². The highest BCUT2D eigenvalue weighted by Crippen LogP contribution is 2.22. The van der Waals surface area contributed by atoms with Gasteiger partial charge in [0.1, 0.15) is 5.75 Å². The highest BCUT2D eigenvalue weighted by atomic mass is 19.4. The lowest BCUT2D eigenvalue weighted by atomic mass is 10.2. The van der Waals surface area contributed by atoms with Gasteiger partial charge in [-0.05, 0) is 24.1 Å². The average Bonchev–Trinajstić information content (AvgIpc) is 2.43. The molecule has 0 aliphatic heterocycles. The second kappa shape index (κ2) is 8.42. The number of nitrogens with zero attached hydrogens (tertiary/aromatic N) is 3. The Hall–Kier alpha value is -1.87. The lowest BCUT2D eigenvalue weighted by Crippen LogP contribution is -2.30. The minimum absolute atomic E-state index is 0.0500. The van der Waals surface area contributed by atoms with Crippen molar-refractivity contribution in [2.75, 3.05) is 20.2 Å². The lowest BCUT2D eigenvalue weighted by molar-refractivity contribution is -0.274. The molecule has 0 saturated heterocycles. The van der Waals surface area contributed by atoms with Gasteiger partial charge < -0.3 is 9.84 Å². The van der Waals surface area contributed by atoms with Crippen molar-refractivity contribution in [3.8, 4) is 5.75 Å². The molecule has 21 heavy (non-hydrogen) atoms. The highest BCUT2D eigenvalue weighted by molar-refractivity contribution is 5.27. The zero-order chi connectivity index (χ0) is 15.7.